The molecule has 6 unspecified atom stereocenters. The zero-order chi connectivity index (χ0) is 46.4. The Balaban J connectivity index is 2.19. The summed E-state index contributed by atoms with van der Waals surface area (Å²) in [6.07, 6.45) is 52.5. The maximum absolute atomic E-state index is 12.9. The van der Waals surface area contributed by atoms with E-state index in [-0.39, 0.29) is 19.2 Å². The minimum absolute atomic E-state index is 0.115. The minimum Gasteiger partial charge on any atom is -0.457 e. The number of aliphatic hydroxyl groups is 4. The van der Waals surface area contributed by atoms with Gasteiger partial charge in [0.05, 0.1) is 19.8 Å². The summed E-state index contributed by atoms with van der Waals surface area (Å²) < 4.78 is 22.9. The van der Waals surface area contributed by atoms with Gasteiger partial charge in [-0.25, -0.2) is 0 Å². The van der Waals surface area contributed by atoms with E-state index >= 15 is 0 Å². The fourth-order valence-electron chi connectivity index (χ4n) is 7.87. The molecule has 0 aromatic heterocycles. The molecule has 9 heteroatoms. The van der Waals surface area contributed by atoms with Crippen LogP contribution in [0, 0.1) is 0 Å². The topological polar surface area (TPSA) is 135 Å². The number of ether oxygens (including phenoxy) is 4. The number of hydrogen-bond donors (Lipinski definition) is 4. The van der Waals surface area contributed by atoms with Crippen LogP contribution >= 0.6 is 0 Å². The van der Waals surface area contributed by atoms with Crippen molar-refractivity contribution in [1.82, 2.24) is 0 Å². The second-order valence-electron chi connectivity index (χ2n) is 17.9. The second-order valence-corrected chi connectivity index (χ2v) is 17.9. The predicted molar refractivity (Wildman–Crippen MR) is 265 cm³/mol. The SMILES string of the molecule is CC/C=C\C/C=C\C/C=C\C/C=C\C/C=C\CCCCCCCCCCCC(=O)OC(COCCCCCCCCCCCCCCCCCC)COC1OC(CO)C(O)C(O)C1O. The maximum Gasteiger partial charge on any atom is 0.306 e. The van der Waals surface area contributed by atoms with Crippen molar-refractivity contribution in [3.05, 3.63) is 60.8 Å². The lowest BCUT2D eigenvalue weighted by molar-refractivity contribution is -0.305. The van der Waals surface area contributed by atoms with Crippen LogP contribution in [-0.4, -0.2) is 89.6 Å². The Morgan fingerprint density at radius 3 is 1.44 bits per heavy atom. The maximum atomic E-state index is 12.9. The fourth-order valence-corrected chi connectivity index (χ4v) is 7.87. The van der Waals surface area contributed by atoms with E-state index in [1.54, 1.807) is 0 Å². The van der Waals surface area contributed by atoms with E-state index in [2.05, 4.69) is 74.6 Å². The first-order chi connectivity index (χ1) is 31.4. The Bertz CT molecular complexity index is 1160. The van der Waals surface area contributed by atoms with E-state index in [1.165, 1.54) is 128 Å². The monoisotopic (exact) mass is 903 g/mol. The third-order valence-corrected chi connectivity index (χ3v) is 11.9. The lowest BCUT2D eigenvalue weighted by atomic mass is 9.99. The Hall–Kier alpha value is -2.11. The molecular weight excluding hydrogens is 805 g/mol. The molecule has 0 amide bonds. The van der Waals surface area contributed by atoms with Gasteiger partial charge < -0.3 is 39.4 Å². The molecule has 0 spiro atoms. The van der Waals surface area contributed by atoms with Crippen molar-refractivity contribution >= 4 is 5.97 Å². The zero-order valence-electron chi connectivity index (χ0n) is 41.0. The van der Waals surface area contributed by atoms with Gasteiger partial charge in [0.2, 0.25) is 0 Å². The Kier molecular flexibility index (Phi) is 43.1. The number of rotatable bonds is 45. The summed E-state index contributed by atoms with van der Waals surface area (Å²) in [7, 11) is 0. The average molecular weight is 903 g/mol. The molecule has 6 atom stereocenters. The highest BCUT2D eigenvalue weighted by Gasteiger charge is 2.44. The Labute approximate surface area is 392 Å². The molecule has 1 aliphatic rings. The van der Waals surface area contributed by atoms with Gasteiger partial charge >= 0.3 is 5.97 Å². The number of carbonyl (C=O) groups is 1. The van der Waals surface area contributed by atoms with Gasteiger partial charge in [0.15, 0.2) is 6.29 Å². The molecule has 1 aliphatic heterocycles. The number of carbonyl (C=O) groups excluding carboxylic acids is 1. The van der Waals surface area contributed by atoms with Gasteiger partial charge in [-0.2, -0.15) is 0 Å². The number of esters is 1. The molecule has 4 N–H and O–H groups in total. The zero-order valence-corrected chi connectivity index (χ0v) is 41.0. The van der Waals surface area contributed by atoms with E-state index in [0.717, 1.165) is 70.6 Å². The van der Waals surface area contributed by atoms with Gasteiger partial charge in [0.1, 0.15) is 30.5 Å². The van der Waals surface area contributed by atoms with Gasteiger partial charge in [0.25, 0.3) is 0 Å². The molecule has 1 fully saturated rings. The summed E-state index contributed by atoms with van der Waals surface area (Å²) in [5.41, 5.74) is 0. The molecule has 0 aromatic carbocycles. The van der Waals surface area contributed by atoms with Crippen molar-refractivity contribution in [2.24, 2.45) is 0 Å². The fraction of sp³-hybridized carbons (Fsp3) is 0.800. The highest BCUT2D eigenvalue weighted by atomic mass is 16.7. The van der Waals surface area contributed by atoms with Gasteiger partial charge in [-0.15, -0.1) is 0 Å². The molecule has 1 heterocycles. The molecule has 0 aromatic rings. The van der Waals surface area contributed by atoms with Crippen LogP contribution < -0.4 is 0 Å². The third kappa shape index (κ3) is 36.1. The number of unbranched alkanes of at least 4 members (excludes halogenated alkanes) is 24. The van der Waals surface area contributed by atoms with Gasteiger partial charge in [-0.1, -0.05) is 216 Å². The van der Waals surface area contributed by atoms with Crippen molar-refractivity contribution in [2.45, 2.75) is 256 Å². The first kappa shape index (κ1) is 59.9. The van der Waals surface area contributed by atoms with Crippen molar-refractivity contribution in [1.29, 1.82) is 0 Å². The first-order valence-electron chi connectivity index (χ1n) is 26.4. The third-order valence-electron chi connectivity index (χ3n) is 11.9. The van der Waals surface area contributed by atoms with Crippen molar-refractivity contribution < 1.29 is 44.2 Å². The van der Waals surface area contributed by atoms with Crippen LogP contribution in [0.3, 0.4) is 0 Å². The molecule has 372 valence electrons. The standard InChI is InChI=1S/C55H98O9/c1-3-5-7-9-11-13-15-17-19-21-22-23-24-25-26-27-28-29-30-32-34-36-38-40-42-44-51(57)63-49(48-62-55-54(60)53(59)52(58)50(46-56)64-55)47-61-45-43-41-39-37-35-33-31-20-18-16-14-12-10-8-6-4-2/h5,7,11,13,17,19,22-23,25-26,49-50,52-56,58-60H,3-4,6,8-10,12,14-16,18,20-21,24,27-48H2,1-2H3/b7-5-,13-11-,19-17-,23-22-,26-25-. The van der Waals surface area contributed by atoms with Crippen molar-refractivity contribution in [3.8, 4) is 0 Å². The molecule has 0 saturated carbocycles. The Morgan fingerprint density at radius 2 is 0.953 bits per heavy atom. The van der Waals surface area contributed by atoms with E-state index in [1.807, 2.05) is 0 Å². The van der Waals surface area contributed by atoms with E-state index in [0.29, 0.717) is 13.0 Å². The molecule has 0 aliphatic carbocycles. The van der Waals surface area contributed by atoms with Crippen LogP contribution in [0.15, 0.2) is 60.8 Å². The van der Waals surface area contributed by atoms with Gasteiger partial charge in [0, 0.05) is 13.0 Å². The Morgan fingerprint density at radius 1 is 0.516 bits per heavy atom. The summed E-state index contributed by atoms with van der Waals surface area (Å²) >= 11 is 0. The van der Waals surface area contributed by atoms with Crippen LogP contribution in [0.25, 0.3) is 0 Å². The van der Waals surface area contributed by atoms with Crippen LogP contribution in [0.2, 0.25) is 0 Å². The summed E-state index contributed by atoms with van der Waals surface area (Å²) in [6, 6.07) is 0. The lowest BCUT2D eigenvalue weighted by Crippen LogP contribution is -2.59. The average Bonchev–Trinajstić information content (AvgIpc) is 3.30. The quantitative estimate of drug-likeness (QED) is 0.0268. The number of aliphatic hydroxyl groups excluding tert-OH is 4. The van der Waals surface area contributed by atoms with Crippen LogP contribution in [0.4, 0.5) is 0 Å². The summed E-state index contributed by atoms with van der Waals surface area (Å²) in [4.78, 5) is 12.9. The first-order valence-corrected chi connectivity index (χ1v) is 26.4. The summed E-state index contributed by atoms with van der Waals surface area (Å²) in [5.74, 6) is -0.319. The van der Waals surface area contributed by atoms with E-state index in [4.69, 9.17) is 18.9 Å². The van der Waals surface area contributed by atoms with Crippen LogP contribution in [-0.2, 0) is 23.7 Å². The lowest BCUT2D eigenvalue weighted by Gasteiger charge is -2.39. The molecular formula is C55H98O9. The smallest absolute Gasteiger partial charge is 0.306 e. The van der Waals surface area contributed by atoms with Gasteiger partial charge in [-0.3, -0.25) is 4.79 Å². The highest BCUT2D eigenvalue weighted by Crippen LogP contribution is 2.23. The summed E-state index contributed by atoms with van der Waals surface area (Å²) in [6.45, 7) is 4.47. The molecule has 64 heavy (non-hydrogen) atoms. The summed E-state index contributed by atoms with van der Waals surface area (Å²) in [5, 5.41) is 40.3. The van der Waals surface area contributed by atoms with E-state index < -0.39 is 43.4 Å². The highest BCUT2D eigenvalue weighted by molar-refractivity contribution is 5.69. The van der Waals surface area contributed by atoms with Crippen molar-refractivity contribution in [2.75, 3.05) is 26.4 Å². The molecule has 0 bridgehead atoms. The molecule has 1 rings (SSSR count). The van der Waals surface area contributed by atoms with Gasteiger partial charge in [-0.05, 0) is 57.8 Å². The predicted octanol–water partition coefficient (Wildman–Crippen LogP) is 13.0. The number of hydrogen-bond acceptors (Lipinski definition) is 9. The van der Waals surface area contributed by atoms with Crippen LogP contribution in [0.5, 0.6) is 0 Å². The van der Waals surface area contributed by atoms with Crippen molar-refractivity contribution in [3.63, 3.8) is 0 Å². The normalized spacial score (nSPS) is 20.0. The molecule has 1 saturated heterocycles. The number of allylic oxidation sites excluding steroid dienone is 10. The van der Waals surface area contributed by atoms with Crippen LogP contribution in [0.1, 0.15) is 219 Å². The minimum atomic E-state index is -1.54. The second kappa shape index (κ2) is 46.0. The molecule has 9 nitrogen and oxygen atoms in total. The van der Waals surface area contributed by atoms with E-state index in [9.17, 15) is 25.2 Å². The largest absolute Gasteiger partial charge is 0.457 e. The molecule has 0 radical (unpaired) electrons.